The molecule has 3 aromatic rings. The zero-order chi connectivity index (χ0) is 16.2. The summed E-state index contributed by atoms with van der Waals surface area (Å²) in [5.41, 5.74) is 0.711. The summed E-state index contributed by atoms with van der Waals surface area (Å²) in [6, 6.07) is 5.54. The fourth-order valence-electron chi connectivity index (χ4n) is 2.07. The van der Waals surface area contributed by atoms with Gasteiger partial charge in [-0.25, -0.2) is 0 Å². The lowest BCUT2D eigenvalue weighted by Gasteiger charge is -2.04. The van der Waals surface area contributed by atoms with Gasteiger partial charge >= 0.3 is 5.82 Å². The van der Waals surface area contributed by atoms with E-state index in [0.717, 1.165) is 0 Å². The van der Waals surface area contributed by atoms with Crippen molar-refractivity contribution in [2.45, 2.75) is 19.5 Å². The van der Waals surface area contributed by atoms with Gasteiger partial charge in [-0.2, -0.15) is 0 Å². The van der Waals surface area contributed by atoms with Crippen LogP contribution < -0.4 is 5.32 Å². The molecule has 23 heavy (non-hydrogen) atoms. The molecule has 0 aliphatic carbocycles. The third-order valence-electron chi connectivity index (χ3n) is 3.23. The number of imidazole rings is 1. The second kappa shape index (κ2) is 6.22. The van der Waals surface area contributed by atoms with Crippen LogP contribution in [0.4, 0.5) is 5.82 Å². The molecule has 0 aliphatic heterocycles. The molecule has 10 nitrogen and oxygen atoms in total. The molecular formula is C13H13N7O3. The van der Waals surface area contributed by atoms with Crippen molar-refractivity contribution in [1.29, 1.82) is 0 Å². The van der Waals surface area contributed by atoms with Crippen molar-refractivity contribution in [3.05, 3.63) is 52.9 Å². The number of aryl methyl sites for hydroxylation is 1. The van der Waals surface area contributed by atoms with Gasteiger partial charge in [0.1, 0.15) is 6.20 Å². The lowest BCUT2D eigenvalue weighted by atomic mass is 10.4. The SMILES string of the molecule is O=C(CCn1cnc([N+](=O)[O-])c1)NCc1nnc2ccccn12. The second-order valence-corrected chi connectivity index (χ2v) is 4.80. The molecule has 3 aromatic heterocycles. The number of nitro groups is 1. The monoisotopic (exact) mass is 315 g/mol. The fraction of sp³-hybridized carbons (Fsp3) is 0.231. The van der Waals surface area contributed by atoms with Crippen LogP contribution in [0.1, 0.15) is 12.2 Å². The predicted molar refractivity (Wildman–Crippen MR) is 78.3 cm³/mol. The first-order valence-electron chi connectivity index (χ1n) is 6.85. The van der Waals surface area contributed by atoms with E-state index >= 15 is 0 Å². The minimum Gasteiger partial charge on any atom is -0.358 e. The molecule has 0 saturated carbocycles. The van der Waals surface area contributed by atoms with Gasteiger partial charge in [-0.1, -0.05) is 6.07 Å². The van der Waals surface area contributed by atoms with Crippen LogP contribution in [0.3, 0.4) is 0 Å². The van der Waals surface area contributed by atoms with E-state index in [1.807, 2.05) is 24.4 Å². The number of nitrogens with zero attached hydrogens (tertiary/aromatic N) is 6. The van der Waals surface area contributed by atoms with Gasteiger partial charge in [0.05, 0.1) is 6.54 Å². The van der Waals surface area contributed by atoms with Crippen LogP contribution >= 0.6 is 0 Å². The minimum atomic E-state index is -0.576. The smallest absolute Gasteiger partial charge is 0.358 e. The van der Waals surface area contributed by atoms with Crippen LogP contribution in [0.15, 0.2) is 36.9 Å². The number of carbonyl (C=O) groups excluding carboxylic acids is 1. The highest BCUT2D eigenvalue weighted by atomic mass is 16.6. The first-order valence-corrected chi connectivity index (χ1v) is 6.85. The number of hydrogen-bond donors (Lipinski definition) is 1. The first-order chi connectivity index (χ1) is 11.1. The summed E-state index contributed by atoms with van der Waals surface area (Å²) in [6.07, 6.45) is 4.63. The normalized spacial score (nSPS) is 10.8. The molecule has 10 heteroatoms. The van der Waals surface area contributed by atoms with Crippen molar-refractivity contribution in [3.63, 3.8) is 0 Å². The molecule has 0 saturated heterocycles. The Morgan fingerprint density at radius 1 is 1.35 bits per heavy atom. The van der Waals surface area contributed by atoms with E-state index in [9.17, 15) is 14.9 Å². The molecule has 3 heterocycles. The van der Waals surface area contributed by atoms with Crippen LogP contribution in [0, 0.1) is 10.1 Å². The van der Waals surface area contributed by atoms with Crippen molar-refractivity contribution in [3.8, 4) is 0 Å². The lowest BCUT2D eigenvalue weighted by molar-refractivity contribution is -0.389. The number of rotatable bonds is 6. The maximum Gasteiger partial charge on any atom is 0.381 e. The van der Waals surface area contributed by atoms with Crippen molar-refractivity contribution in [1.82, 2.24) is 29.5 Å². The van der Waals surface area contributed by atoms with Gasteiger partial charge in [0.25, 0.3) is 0 Å². The zero-order valence-electron chi connectivity index (χ0n) is 12.0. The van der Waals surface area contributed by atoms with E-state index in [1.54, 1.807) is 4.40 Å². The Kier molecular flexibility index (Phi) is 3.95. The van der Waals surface area contributed by atoms with Crippen molar-refractivity contribution in [2.75, 3.05) is 0 Å². The van der Waals surface area contributed by atoms with E-state index in [0.29, 0.717) is 18.0 Å². The Bertz CT molecular complexity index is 854. The summed E-state index contributed by atoms with van der Waals surface area (Å²) in [7, 11) is 0. The van der Waals surface area contributed by atoms with Crippen LogP contribution in [0.2, 0.25) is 0 Å². The zero-order valence-corrected chi connectivity index (χ0v) is 12.0. The largest absolute Gasteiger partial charge is 0.381 e. The van der Waals surface area contributed by atoms with E-state index in [2.05, 4.69) is 20.5 Å². The molecular weight excluding hydrogens is 302 g/mol. The van der Waals surface area contributed by atoms with Crippen LogP contribution in [0.5, 0.6) is 0 Å². The topological polar surface area (TPSA) is 120 Å². The number of aromatic nitrogens is 5. The van der Waals surface area contributed by atoms with Crippen LogP contribution in [0.25, 0.3) is 5.65 Å². The molecule has 3 rings (SSSR count). The van der Waals surface area contributed by atoms with Gasteiger partial charge < -0.3 is 20.0 Å². The Labute approximate surface area is 129 Å². The Hall–Kier alpha value is -3.30. The molecule has 118 valence electrons. The summed E-state index contributed by atoms with van der Waals surface area (Å²) in [6.45, 7) is 0.571. The summed E-state index contributed by atoms with van der Waals surface area (Å²) in [4.78, 5) is 25.4. The molecule has 0 aliphatic rings. The minimum absolute atomic E-state index is 0.185. The van der Waals surface area contributed by atoms with Crippen LogP contribution in [-0.2, 0) is 17.9 Å². The summed E-state index contributed by atoms with van der Waals surface area (Å²) >= 11 is 0. The Balaban J connectivity index is 1.52. The molecule has 0 aromatic carbocycles. The van der Waals surface area contributed by atoms with E-state index in [4.69, 9.17) is 0 Å². The van der Waals surface area contributed by atoms with Gasteiger partial charge in [-0.15, -0.1) is 10.2 Å². The standard InChI is InChI=1S/C13H13N7O3/c21-13(4-6-18-8-12(15-9-18)20(22)23)14-7-11-17-16-10-3-1-2-5-19(10)11/h1-3,5,8-9H,4,6-7H2,(H,14,21). The molecule has 0 spiro atoms. The molecule has 0 fully saturated rings. The van der Waals surface area contributed by atoms with E-state index in [-0.39, 0.29) is 24.7 Å². The van der Waals surface area contributed by atoms with E-state index in [1.165, 1.54) is 17.1 Å². The molecule has 0 unspecified atom stereocenters. The van der Waals surface area contributed by atoms with E-state index < -0.39 is 4.92 Å². The summed E-state index contributed by atoms with van der Waals surface area (Å²) < 4.78 is 3.30. The molecule has 0 atom stereocenters. The fourth-order valence-corrected chi connectivity index (χ4v) is 2.07. The second-order valence-electron chi connectivity index (χ2n) is 4.80. The highest BCUT2D eigenvalue weighted by Crippen LogP contribution is 2.06. The third kappa shape index (κ3) is 3.31. The average molecular weight is 315 g/mol. The molecule has 0 radical (unpaired) electrons. The molecule has 1 amide bonds. The maximum atomic E-state index is 11.9. The average Bonchev–Trinajstić information content (AvgIpc) is 3.18. The van der Waals surface area contributed by atoms with Crippen molar-refractivity contribution < 1.29 is 9.72 Å². The van der Waals surface area contributed by atoms with Gasteiger partial charge in [-0.3, -0.25) is 9.20 Å². The molecule has 0 bridgehead atoms. The highest BCUT2D eigenvalue weighted by molar-refractivity contribution is 5.75. The Morgan fingerprint density at radius 3 is 3.00 bits per heavy atom. The number of nitrogens with one attached hydrogen (secondary N) is 1. The van der Waals surface area contributed by atoms with Gasteiger partial charge in [0.2, 0.25) is 12.2 Å². The number of carbonyl (C=O) groups is 1. The van der Waals surface area contributed by atoms with Gasteiger partial charge in [-0.05, 0) is 22.0 Å². The highest BCUT2D eigenvalue weighted by Gasteiger charge is 2.11. The number of amides is 1. The summed E-state index contributed by atoms with van der Waals surface area (Å²) in [5, 5.41) is 21.3. The first kappa shape index (κ1) is 14.6. The number of hydrogen-bond acceptors (Lipinski definition) is 6. The maximum absolute atomic E-state index is 11.9. The van der Waals surface area contributed by atoms with Crippen molar-refractivity contribution >= 4 is 17.4 Å². The van der Waals surface area contributed by atoms with Crippen LogP contribution in [-0.4, -0.2) is 35.0 Å². The predicted octanol–water partition coefficient (Wildman–Crippen LogP) is 0.540. The third-order valence-corrected chi connectivity index (χ3v) is 3.23. The van der Waals surface area contributed by atoms with Crippen molar-refractivity contribution in [2.24, 2.45) is 0 Å². The van der Waals surface area contributed by atoms with Gasteiger partial charge in [0, 0.05) is 19.2 Å². The Morgan fingerprint density at radius 2 is 2.22 bits per heavy atom. The number of fused-ring (bicyclic) bond motifs is 1. The summed E-state index contributed by atoms with van der Waals surface area (Å²) in [5.74, 6) is 0.210. The molecule has 1 N–H and O–H groups in total. The number of pyridine rings is 1. The quantitative estimate of drug-likeness (QED) is 0.523. The van der Waals surface area contributed by atoms with Gasteiger partial charge in [0.15, 0.2) is 11.5 Å². The lowest BCUT2D eigenvalue weighted by Crippen LogP contribution is -2.24.